The molecule has 2 aromatic rings. The van der Waals surface area contributed by atoms with E-state index in [1.807, 2.05) is 41.3 Å². The van der Waals surface area contributed by atoms with E-state index in [2.05, 4.69) is 11.9 Å². The van der Waals surface area contributed by atoms with Crippen molar-refractivity contribution in [2.24, 2.45) is 0 Å². The van der Waals surface area contributed by atoms with Gasteiger partial charge in [0.1, 0.15) is 17.2 Å². The summed E-state index contributed by atoms with van der Waals surface area (Å²) in [5.74, 6) is 0.838. The molecule has 1 fully saturated rings. The SMILES string of the molecule is CC(=O)N1Cc2ccccc2OC2(CCC(N(C)Cc3ccccc3F)CC2)C1. The first-order valence-electron chi connectivity index (χ1n) is 10.4. The van der Waals surface area contributed by atoms with Gasteiger partial charge in [-0.05, 0) is 44.9 Å². The molecule has 0 N–H and O–H groups in total. The summed E-state index contributed by atoms with van der Waals surface area (Å²) in [6.07, 6.45) is 3.71. The Morgan fingerprint density at radius 2 is 1.86 bits per heavy atom. The van der Waals surface area contributed by atoms with Crippen LogP contribution in [0.4, 0.5) is 4.39 Å². The van der Waals surface area contributed by atoms with E-state index in [0.717, 1.165) is 42.6 Å². The predicted octanol–water partition coefficient (Wildman–Crippen LogP) is 4.38. The van der Waals surface area contributed by atoms with Crippen molar-refractivity contribution in [3.05, 3.63) is 65.5 Å². The molecule has 0 radical (unpaired) electrons. The van der Waals surface area contributed by atoms with Crippen LogP contribution in [0.5, 0.6) is 5.75 Å². The first-order valence-corrected chi connectivity index (χ1v) is 10.4. The zero-order valence-electron chi connectivity index (χ0n) is 17.2. The van der Waals surface area contributed by atoms with E-state index >= 15 is 0 Å². The highest BCUT2D eigenvalue weighted by atomic mass is 19.1. The average Bonchev–Trinajstić information content (AvgIpc) is 2.87. The molecule has 1 amide bonds. The zero-order chi connectivity index (χ0) is 20.4. The highest BCUT2D eigenvalue weighted by Crippen LogP contribution is 2.39. The number of benzene rings is 2. The van der Waals surface area contributed by atoms with E-state index < -0.39 is 0 Å². The standard InChI is InChI=1S/C24H29FN2O2/c1-18(28)27-16-20-8-4-6-10-23(20)29-24(17-27)13-11-21(12-14-24)26(2)15-19-7-3-5-9-22(19)25/h3-10,21H,11-17H2,1-2H3. The average molecular weight is 397 g/mol. The second-order valence-electron chi connectivity index (χ2n) is 8.51. The quantitative estimate of drug-likeness (QED) is 0.772. The molecule has 4 rings (SSSR count). The number of carbonyl (C=O) groups is 1. The Hall–Kier alpha value is -2.40. The number of rotatable bonds is 3. The molecule has 1 spiro atoms. The lowest BCUT2D eigenvalue weighted by molar-refractivity contribution is -0.132. The lowest BCUT2D eigenvalue weighted by Gasteiger charge is -2.43. The van der Waals surface area contributed by atoms with Crippen LogP contribution in [0.3, 0.4) is 0 Å². The molecule has 2 aliphatic rings. The first kappa shape index (κ1) is 19.9. The van der Waals surface area contributed by atoms with Crippen molar-refractivity contribution >= 4 is 5.91 Å². The Bertz CT molecular complexity index is 877. The van der Waals surface area contributed by atoms with E-state index in [9.17, 15) is 9.18 Å². The van der Waals surface area contributed by atoms with Gasteiger partial charge in [-0.25, -0.2) is 4.39 Å². The minimum absolute atomic E-state index is 0.0865. The summed E-state index contributed by atoms with van der Waals surface area (Å²) >= 11 is 0. The molecule has 2 aromatic carbocycles. The fourth-order valence-corrected chi connectivity index (χ4v) is 4.69. The Kier molecular flexibility index (Phi) is 5.59. The summed E-state index contributed by atoms with van der Waals surface area (Å²) in [4.78, 5) is 16.4. The maximum atomic E-state index is 14.0. The lowest BCUT2D eigenvalue weighted by atomic mass is 9.81. The summed E-state index contributed by atoms with van der Waals surface area (Å²) in [5, 5.41) is 0. The van der Waals surface area contributed by atoms with Crippen LogP contribution in [0.25, 0.3) is 0 Å². The van der Waals surface area contributed by atoms with Crippen molar-refractivity contribution in [3.63, 3.8) is 0 Å². The first-order chi connectivity index (χ1) is 14.0. The van der Waals surface area contributed by atoms with Gasteiger partial charge < -0.3 is 9.64 Å². The summed E-state index contributed by atoms with van der Waals surface area (Å²) in [7, 11) is 2.07. The third-order valence-electron chi connectivity index (χ3n) is 6.45. The van der Waals surface area contributed by atoms with Crippen LogP contribution >= 0.6 is 0 Å². The number of hydrogen-bond donors (Lipinski definition) is 0. The molecule has 0 bridgehead atoms. The summed E-state index contributed by atoms with van der Waals surface area (Å²) < 4.78 is 20.6. The molecule has 1 saturated carbocycles. The topological polar surface area (TPSA) is 32.8 Å². The Labute approximate surface area is 172 Å². The number of para-hydroxylation sites is 1. The van der Waals surface area contributed by atoms with E-state index in [1.165, 1.54) is 6.07 Å². The largest absolute Gasteiger partial charge is 0.485 e. The number of amides is 1. The number of hydrogen-bond acceptors (Lipinski definition) is 3. The Morgan fingerprint density at radius 3 is 2.59 bits per heavy atom. The second-order valence-corrected chi connectivity index (χ2v) is 8.51. The smallest absolute Gasteiger partial charge is 0.219 e. The minimum Gasteiger partial charge on any atom is -0.485 e. The maximum absolute atomic E-state index is 14.0. The molecular weight excluding hydrogens is 367 g/mol. The summed E-state index contributed by atoms with van der Waals surface area (Å²) in [5.41, 5.74) is 1.46. The van der Waals surface area contributed by atoms with Crippen LogP contribution in [0.2, 0.25) is 0 Å². The van der Waals surface area contributed by atoms with Crippen LogP contribution < -0.4 is 4.74 Å². The fraction of sp³-hybridized carbons (Fsp3) is 0.458. The van der Waals surface area contributed by atoms with Crippen molar-refractivity contribution in [1.29, 1.82) is 0 Å². The highest BCUT2D eigenvalue weighted by molar-refractivity contribution is 5.73. The molecule has 0 saturated heterocycles. The molecule has 1 aliphatic carbocycles. The molecular formula is C24H29FN2O2. The molecule has 1 heterocycles. The van der Waals surface area contributed by atoms with Crippen LogP contribution in [0.15, 0.2) is 48.5 Å². The second kappa shape index (κ2) is 8.15. The maximum Gasteiger partial charge on any atom is 0.219 e. The number of carbonyl (C=O) groups excluding carboxylic acids is 1. The number of nitrogens with zero attached hydrogens (tertiary/aromatic N) is 2. The molecule has 0 atom stereocenters. The monoisotopic (exact) mass is 396 g/mol. The highest BCUT2D eigenvalue weighted by Gasteiger charge is 2.42. The van der Waals surface area contributed by atoms with Gasteiger partial charge in [0.05, 0.1) is 6.54 Å². The Morgan fingerprint density at radius 1 is 1.17 bits per heavy atom. The molecule has 1 aliphatic heterocycles. The third kappa shape index (κ3) is 4.30. The number of fused-ring (bicyclic) bond motifs is 1. The van der Waals surface area contributed by atoms with Crippen LogP contribution in [0, 0.1) is 5.82 Å². The van der Waals surface area contributed by atoms with E-state index in [-0.39, 0.29) is 17.3 Å². The lowest BCUT2D eigenvalue weighted by Crippen LogP contribution is -2.51. The van der Waals surface area contributed by atoms with Crippen molar-refractivity contribution < 1.29 is 13.9 Å². The van der Waals surface area contributed by atoms with Gasteiger partial charge in [0, 0.05) is 37.2 Å². The molecule has 29 heavy (non-hydrogen) atoms. The summed E-state index contributed by atoms with van der Waals surface area (Å²) in [6.45, 7) is 3.47. The van der Waals surface area contributed by atoms with Gasteiger partial charge in [0.15, 0.2) is 0 Å². The van der Waals surface area contributed by atoms with Crippen LogP contribution in [-0.4, -0.2) is 40.9 Å². The summed E-state index contributed by atoms with van der Waals surface area (Å²) in [6, 6.07) is 15.4. The van der Waals surface area contributed by atoms with Gasteiger partial charge in [-0.3, -0.25) is 9.69 Å². The fourth-order valence-electron chi connectivity index (χ4n) is 4.69. The van der Waals surface area contributed by atoms with Crippen molar-refractivity contribution in [2.45, 2.75) is 57.3 Å². The minimum atomic E-state index is -0.340. The van der Waals surface area contributed by atoms with Gasteiger partial charge in [-0.2, -0.15) is 0 Å². The zero-order valence-corrected chi connectivity index (χ0v) is 17.2. The van der Waals surface area contributed by atoms with E-state index in [0.29, 0.717) is 25.7 Å². The van der Waals surface area contributed by atoms with E-state index in [1.54, 1.807) is 13.0 Å². The number of halogens is 1. The molecule has 5 heteroatoms. The third-order valence-corrected chi connectivity index (χ3v) is 6.45. The van der Waals surface area contributed by atoms with Gasteiger partial charge in [-0.1, -0.05) is 36.4 Å². The van der Waals surface area contributed by atoms with Gasteiger partial charge in [0.25, 0.3) is 0 Å². The Balaban J connectivity index is 1.47. The van der Waals surface area contributed by atoms with Gasteiger partial charge in [0.2, 0.25) is 5.91 Å². The van der Waals surface area contributed by atoms with E-state index in [4.69, 9.17) is 4.74 Å². The number of ether oxygens (including phenoxy) is 1. The van der Waals surface area contributed by atoms with Crippen molar-refractivity contribution in [3.8, 4) is 5.75 Å². The molecule has 154 valence electrons. The molecule has 0 aromatic heterocycles. The van der Waals surface area contributed by atoms with Gasteiger partial charge >= 0.3 is 0 Å². The van der Waals surface area contributed by atoms with Crippen molar-refractivity contribution in [1.82, 2.24) is 9.80 Å². The normalized spacial score (nSPS) is 24.1. The molecule has 4 nitrogen and oxygen atoms in total. The van der Waals surface area contributed by atoms with Crippen LogP contribution in [0.1, 0.15) is 43.7 Å². The predicted molar refractivity (Wildman–Crippen MR) is 111 cm³/mol. The molecule has 0 unspecified atom stereocenters. The van der Waals surface area contributed by atoms with Gasteiger partial charge in [-0.15, -0.1) is 0 Å². The van der Waals surface area contributed by atoms with Crippen LogP contribution in [-0.2, 0) is 17.9 Å². The van der Waals surface area contributed by atoms with Crippen molar-refractivity contribution in [2.75, 3.05) is 13.6 Å².